The predicted molar refractivity (Wildman–Crippen MR) is 138 cm³/mol. The molecular formula is C31H36O3. The molecule has 0 saturated heterocycles. The number of rotatable bonds is 1. The fraction of sp³-hybridized carbons (Fsp3) is 0.484. The minimum atomic E-state index is -0.181. The number of phenols is 1. The molecule has 1 heterocycles. The van der Waals surface area contributed by atoms with Crippen LogP contribution in [0.4, 0.5) is 0 Å². The number of hydrogen-bond acceptors (Lipinski definition) is 3. The summed E-state index contributed by atoms with van der Waals surface area (Å²) in [4.78, 5) is 0. The molecule has 3 nitrogen and oxygen atoms in total. The first kappa shape index (κ1) is 21.8. The Morgan fingerprint density at radius 3 is 2.24 bits per heavy atom. The molecule has 3 aromatic rings. The van der Waals surface area contributed by atoms with Gasteiger partial charge in [-0.2, -0.15) is 0 Å². The summed E-state index contributed by atoms with van der Waals surface area (Å²) in [5.41, 5.74) is 6.57. The third-order valence-corrected chi connectivity index (χ3v) is 8.54. The third kappa shape index (κ3) is 2.76. The van der Waals surface area contributed by atoms with Crippen molar-refractivity contribution in [2.45, 2.75) is 71.6 Å². The number of aromatic hydroxyl groups is 1. The van der Waals surface area contributed by atoms with E-state index in [2.05, 4.69) is 71.9 Å². The maximum Gasteiger partial charge on any atom is 0.165 e. The van der Waals surface area contributed by atoms with Crippen LogP contribution in [-0.2, 0) is 10.8 Å². The van der Waals surface area contributed by atoms with Crippen molar-refractivity contribution >= 4 is 10.8 Å². The number of phenolic OH excluding ortho intramolecular Hbond substituents is 1. The molecule has 0 bridgehead atoms. The summed E-state index contributed by atoms with van der Waals surface area (Å²) >= 11 is 0. The van der Waals surface area contributed by atoms with Gasteiger partial charge in [0.15, 0.2) is 11.5 Å². The van der Waals surface area contributed by atoms with Gasteiger partial charge in [-0.15, -0.1) is 0 Å². The van der Waals surface area contributed by atoms with Gasteiger partial charge in [0.05, 0.1) is 13.7 Å². The first-order chi connectivity index (χ1) is 15.9. The van der Waals surface area contributed by atoms with Crippen molar-refractivity contribution in [3.05, 3.63) is 53.1 Å². The van der Waals surface area contributed by atoms with Gasteiger partial charge >= 0.3 is 0 Å². The van der Waals surface area contributed by atoms with E-state index in [1.54, 1.807) is 7.11 Å². The summed E-state index contributed by atoms with van der Waals surface area (Å²) in [6.45, 7) is 14.7. The van der Waals surface area contributed by atoms with Gasteiger partial charge in [0.2, 0.25) is 0 Å². The highest BCUT2D eigenvalue weighted by Crippen LogP contribution is 2.66. The van der Waals surface area contributed by atoms with E-state index in [0.29, 0.717) is 18.1 Å². The van der Waals surface area contributed by atoms with Crippen LogP contribution in [-0.4, -0.2) is 18.8 Å². The average molecular weight is 457 g/mol. The summed E-state index contributed by atoms with van der Waals surface area (Å²) in [5.74, 6) is 1.87. The summed E-state index contributed by atoms with van der Waals surface area (Å²) in [7, 11) is 1.68. The molecule has 1 N–H and O–H groups in total. The smallest absolute Gasteiger partial charge is 0.165 e. The maximum absolute atomic E-state index is 11.5. The second kappa shape index (κ2) is 6.50. The van der Waals surface area contributed by atoms with Crippen LogP contribution >= 0.6 is 0 Å². The Hall–Kier alpha value is -2.68. The molecule has 6 rings (SSSR count). The van der Waals surface area contributed by atoms with Crippen molar-refractivity contribution in [3.8, 4) is 28.4 Å². The Kier molecular flexibility index (Phi) is 4.17. The van der Waals surface area contributed by atoms with Gasteiger partial charge in [-0.05, 0) is 64.5 Å². The summed E-state index contributed by atoms with van der Waals surface area (Å²) in [6.07, 6.45) is 3.36. The molecule has 2 aliphatic carbocycles. The molecule has 1 aliphatic heterocycles. The van der Waals surface area contributed by atoms with Crippen molar-refractivity contribution in [2.24, 2.45) is 10.8 Å². The van der Waals surface area contributed by atoms with E-state index in [1.165, 1.54) is 28.7 Å². The number of fused-ring (bicyclic) bond motifs is 9. The number of methoxy groups -OCH3 is 1. The van der Waals surface area contributed by atoms with Crippen LogP contribution in [0.15, 0.2) is 36.4 Å². The van der Waals surface area contributed by atoms with Gasteiger partial charge in [-0.1, -0.05) is 65.8 Å². The van der Waals surface area contributed by atoms with Crippen LogP contribution in [0.3, 0.4) is 0 Å². The molecular weight excluding hydrogens is 420 g/mol. The zero-order chi connectivity index (χ0) is 24.3. The van der Waals surface area contributed by atoms with E-state index in [1.807, 2.05) is 6.07 Å². The quantitative estimate of drug-likeness (QED) is 0.407. The lowest BCUT2D eigenvalue weighted by Crippen LogP contribution is -2.43. The lowest BCUT2D eigenvalue weighted by atomic mass is 9.52. The van der Waals surface area contributed by atoms with Gasteiger partial charge in [-0.25, -0.2) is 0 Å². The number of benzene rings is 3. The van der Waals surface area contributed by atoms with Crippen LogP contribution in [0.5, 0.6) is 17.2 Å². The standard InChI is InChI=1S/C31H36O3/c1-28(2)14-29(3,4)16-31(15-28)20-11-9-8-10-18(20)24-21(31)13-22(32)19-12-23(33-7)27-26(25(19)24)30(5,6)17-34-27/h8-13,32H,14-17H2,1-7H3. The molecule has 0 atom stereocenters. The molecule has 1 fully saturated rings. The highest BCUT2D eigenvalue weighted by atomic mass is 16.5. The second-order valence-electron chi connectivity index (χ2n) is 13.2. The van der Waals surface area contributed by atoms with Crippen LogP contribution in [0.2, 0.25) is 0 Å². The lowest BCUT2D eigenvalue weighted by Gasteiger charge is -2.51. The summed E-state index contributed by atoms with van der Waals surface area (Å²) < 4.78 is 12.0. The van der Waals surface area contributed by atoms with E-state index >= 15 is 0 Å². The molecule has 1 spiro atoms. The SMILES string of the molecule is COc1cc2c(O)cc3c(c2c2c1OCC2(C)C)-c1ccccc1C31CC(C)(C)CC(C)(C)C1. The first-order valence-electron chi connectivity index (χ1n) is 12.5. The average Bonchev–Trinajstić information content (AvgIpc) is 3.18. The van der Waals surface area contributed by atoms with Crippen molar-refractivity contribution < 1.29 is 14.6 Å². The van der Waals surface area contributed by atoms with Crippen LogP contribution in [0.1, 0.15) is 77.5 Å². The Bertz CT molecular complexity index is 1340. The highest BCUT2D eigenvalue weighted by Gasteiger charge is 2.54. The molecule has 0 amide bonds. The van der Waals surface area contributed by atoms with E-state index in [9.17, 15) is 5.11 Å². The molecule has 0 radical (unpaired) electrons. The van der Waals surface area contributed by atoms with Gasteiger partial charge in [-0.3, -0.25) is 0 Å². The molecule has 3 aliphatic rings. The lowest BCUT2D eigenvalue weighted by molar-refractivity contribution is 0.0645. The largest absolute Gasteiger partial charge is 0.507 e. The van der Waals surface area contributed by atoms with Crippen molar-refractivity contribution in [1.82, 2.24) is 0 Å². The molecule has 0 aromatic heterocycles. The highest BCUT2D eigenvalue weighted by molar-refractivity contribution is 6.09. The zero-order valence-corrected chi connectivity index (χ0v) is 21.6. The fourth-order valence-electron chi connectivity index (χ4n) is 8.21. The topological polar surface area (TPSA) is 38.7 Å². The first-order valence-corrected chi connectivity index (χ1v) is 12.5. The summed E-state index contributed by atoms with van der Waals surface area (Å²) in [5, 5.41) is 13.5. The molecule has 3 aromatic carbocycles. The predicted octanol–water partition coefficient (Wildman–Crippen LogP) is 7.73. The Morgan fingerprint density at radius 2 is 1.56 bits per heavy atom. The molecule has 3 heteroatoms. The fourth-order valence-corrected chi connectivity index (χ4v) is 8.21. The molecule has 178 valence electrons. The number of hydrogen-bond donors (Lipinski definition) is 1. The zero-order valence-electron chi connectivity index (χ0n) is 21.6. The monoisotopic (exact) mass is 456 g/mol. The van der Waals surface area contributed by atoms with Gasteiger partial charge in [0.25, 0.3) is 0 Å². The van der Waals surface area contributed by atoms with Crippen molar-refractivity contribution in [2.75, 3.05) is 13.7 Å². The van der Waals surface area contributed by atoms with E-state index in [4.69, 9.17) is 9.47 Å². The maximum atomic E-state index is 11.5. The van der Waals surface area contributed by atoms with Gasteiger partial charge in [0.1, 0.15) is 5.75 Å². The van der Waals surface area contributed by atoms with Crippen LogP contribution < -0.4 is 9.47 Å². The normalized spacial score (nSPS) is 22.2. The third-order valence-electron chi connectivity index (χ3n) is 8.54. The van der Waals surface area contributed by atoms with Crippen LogP contribution in [0, 0.1) is 10.8 Å². The van der Waals surface area contributed by atoms with Crippen molar-refractivity contribution in [1.29, 1.82) is 0 Å². The van der Waals surface area contributed by atoms with Gasteiger partial charge < -0.3 is 14.6 Å². The van der Waals surface area contributed by atoms with E-state index in [0.717, 1.165) is 34.9 Å². The molecule has 1 saturated carbocycles. The number of ether oxygens (including phenoxy) is 2. The van der Waals surface area contributed by atoms with E-state index in [-0.39, 0.29) is 21.7 Å². The Labute approximate surface area is 203 Å². The molecule has 0 unspecified atom stereocenters. The van der Waals surface area contributed by atoms with Crippen molar-refractivity contribution in [3.63, 3.8) is 0 Å². The Balaban J connectivity index is 1.80. The van der Waals surface area contributed by atoms with Gasteiger partial charge in [0, 0.05) is 27.2 Å². The minimum Gasteiger partial charge on any atom is -0.507 e. The minimum absolute atomic E-state index is 0.112. The molecule has 34 heavy (non-hydrogen) atoms. The van der Waals surface area contributed by atoms with Crippen LogP contribution in [0.25, 0.3) is 21.9 Å². The van der Waals surface area contributed by atoms with E-state index < -0.39 is 0 Å². The Morgan fingerprint density at radius 1 is 0.882 bits per heavy atom. The summed E-state index contributed by atoms with van der Waals surface area (Å²) in [6, 6.07) is 13.0. The second-order valence-corrected chi connectivity index (χ2v) is 13.2.